The molecule has 0 radical (unpaired) electrons. The third kappa shape index (κ3) is 3.50. The normalized spacial score (nSPS) is 17.8. The fraction of sp³-hybridized carbons (Fsp3) is 0.100. The van der Waals surface area contributed by atoms with Crippen LogP contribution in [0.2, 0.25) is 0 Å². The number of nitrogens with one attached hydrogen (secondary N) is 1. The zero-order valence-corrected chi connectivity index (χ0v) is 8.20. The third-order valence-corrected chi connectivity index (χ3v) is 1.65. The molecule has 1 unspecified atom stereocenters. The van der Waals surface area contributed by atoms with Crippen LogP contribution in [0, 0.1) is 0 Å². The Balaban J connectivity index is 0.000000160. The van der Waals surface area contributed by atoms with E-state index in [0.717, 1.165) is 0 Å². The van der Waals surface area contributed by atoms with Crippen LogP contribution in [0.5, 0.6) is 5.75 Å². The van der Waals surface area contributed by atoms with Gasteiger partial charge in [-0.3, -0.25) is 14.6 Å². The van der Waals surface area contributed by atoms with Gasteiger partial charge in [0, 0.05) is 37.0 Å². The van der Waals surface area contributed by atoms with Gasteiger partial charge in [0.1, 0.15) is 0 Å². The van der Waals surface area contributed by atoms with Crippen LogP contribution in [0.3, 0.4) is 0 Å². The van der Waals surface area contributed by atoms with Crippen LogP contribution >= 0.6 is 0 Å². The Kier molecular flexibility index (Phi) is 4.16. The summed E-state index contributed by atoms with van der Waals surface area (Å²) in [5, 5.41) is 17.2. The van der Waals surface area contributed by atoms with Crippen molar-refractivity contribution >= 4 is 12.0 Å². The summed E-state index contributed by atoms with van der Waals surface area (Å²) in [6.45, 7) is 0. The Morgan fingerprint density at radius 3 is 2.50 bits per heavy atom. The number of hydrogen-bond acceptors (Lipinski definition) is 5. The number of aliphatic hydroxyl groups is 1. The summed E-state index contributed by atoms with van der Waals surface area (Å²) in [5.74, 6) is -0.549. The molecule has 6 heteroatoms. The molecule has 3 N–H and O–H groups in total. The number of aromatic nitrogens is 1. The van der Waals surface area contributed by atoms with Gasteiger partial charge >= 0.3 is 0 Å². The van der Waals surface area contributed by atoms with Gasteiger partial charge in [-0.1, -0.05) is 0 Å². The first-order valence-corrected chi connectivity index (χ1v) is 4.39. The molecule has 1 aromatic rings. The van der Waals surface area contributed by atoms with Gasteiger partial charge in [-0.05, 0) is 0 Å². The van der Waals surface area contributed by atoms with Crippen LogP contribution in [0.1, 0.15) is 0 Å². The number of carbonyl (C=O) groups is 1. The topological polar surface area (TPSA) is 103 Å². The first-order valence-electron chi connectivity index (χ1n) is 4.39. The van der Waals surface area contributed by atoms with Gasteiger partial charge in [-0.25, -0.2) is 0 Å². The van der Waals surface area contributed by atoms with E-state index in [1.165, 1.54) is 37.0 Å². The van der Waals surface area contributed by atoms with E-state index in [1.807, 2.05) is 0 Å². The monoisotopic (exact) mass is 222 g/mol. The maximum atomic E-state index is 10.4. The number of aromatic hydroxyl groups is 1. The molecule has 0 saturated heterocycles. The third-order valence-electron chi connectivity index (χ3n) is 1.65. The lowest BCUT2D eigenvalue weighted by atomic mass is 10.2. The molecule has 2 heterocycles. The average Bonchev–Trinajstić information content (AvgIpc) is 2.28. The summed E-state index contributed by atoms with van der Waals surface area (Å²) in [5.41, 5.74) is -0.358. The van der Waals surface area contributed by atoms with E-state index in [2.05, 4.69) is 9.98 Å². The van der Waals surface area contributed by atoms with E-state index in [4.69, 9.17) is 10.2 Å². The molecule has 0 amide bonds. The Morgan fingerprint density at radius 2 is 2.12 bits per heavy atom. The highest BCUT2D eigenvalue weighted by atomic mass is 16.3. The molecule has 0 aliphatic carbocycles. The Hall–Kier alpha value is -2.21. The average molecular weight is 222 g/mol. The highest BCUT2D eigenvalue weighted by molar-refractivity contribution is 6.05. The Labute approximate surface area is 90.6 Å². The zero-order chi connectivity index (χ0) is 12.0. The largest absolute Gasteiger partial charge is 0.503 e. The van der Waals surface area contributed by atoms with Crippen molar-refractivity contribution in [1.29, 1.82) is 0 Å². The lowest BCUT2D eigenvalue weighted by molar-refractivity contribution is -0.119. The maximum absolute atomic E-state index is 10.4. The summed E-state index contributed by atoms with van der Waals surface area (Å²) in [6.07, 6.45) is 5.48. The number of aliphatic hydroxyl groups excluding tert-OH is 1. The van der Waals surface area contributed by atoms with Gasteiger partial charge in [-0.2, -0.15) is 0 Å². The lowest BCUT2D eigenvalue weighted by Crippen LogP contribution is -2.20. The second-order valence-corrected chi connectivity index (χ2v) is 2.85. The number of H-pyrrole nitrogens is 1. The van der Waals surface area contributed by atoms with Crippen molar-refractivity contribution in [1.82, 2.24) is 4.98 Å². The SMILES string of the molecule is O=C1C=CN=CC1O.O=c1cc[nH]cc1O. The summed E-state index contributed by atoms with van der Waals surface area (Å²) < 4.78 is 0. The zero-order valence-electron chi connectivity index (χ0n) is 8.20. The number of nitrogens with zero attached hydrogens (tertiary/aromatic N) is 1. The summed E-state index contributed by atoms with van der Waals surface area (Å²) in [4.78, 5) is 26.8. The second-order valence-electron chi connectivity index (χ2n) is 2.85. The van der Waals surface area contributed by atoms with E-state index in [0.29, 0.717) is 0 Å². The van der Waals surface area contributed by atoms with Crippen molar-refractivity contribution in [3.63, 3.8) is 0 Å². The standard InChI is InChI=1S/2C5H5NO2/c2*7-4-1-2-6-3-5(4)8/h1-3,8H,(H,6,7);1-3,5,8H. The summed E-state index contributed by atoms with van der Waals surface area (Å²) in [7, 11) is 0. The Bertz CT molecular complexity index is 476. The van der Waals surface area contributed by atoms with E-state index in [9.17, 15) is 9.59 Å². The van der Waals surface area contributed by atoms with Crippen molar-refractivity contribution in [2.24, 2.45) is 4.99 Å². The van der Waals surface area contributed by atoms with Crippen LogP contribution in [0.15, 0.2) is 40.5 Å². The number of aromatic amines is 1. The molecule has 16 heavy (non-hydrogen) atoms. The molecule has 1 aromatic heterocycles. The second kappa shape index (κ2) is 5.62. The van der Waals surface area contributed by atoms with E-state index >= 15 is 0 Å². The van der Waals surface area contributed by atoms with Gasteiger partial charge in [0.05, 0.1) is 0 Å². The molecule has 0 aromatic carbocycles. The van der Waals surface area contributed by atoms with Crippen molar-refractivity contribution in [2.45, 2.75) is 6.10 Å². The van der Waals surface area contributed by atoms with E-state index in [-0.39, 0.29) is 17.0 Å². The fourth-order valence-electron chi connectivity index (χ4n) is 0.827. The van der Waals surface area contributed by atoms with Crippen molar-refractivity contribution < 1.29 is 15.0 Å². The molecule has 1 atom stereocenters. The minimum atomic E-state index is -1.01. The van der Waals surface area contributed by atoms with Crippen LogP contribution in [-0.2, 0) is 4.79 Å². The van der Waals surface area contributed by atoms with Crippen LogP contribution in [0.4, 0.5) is 0 Å². The van der Waals surface area contributed by atoms with E-state index in [1.54, 1.807) is 0 Å². The fourth-order valence-corrected chi connectivity index (χ4v) is 0.827. The summed E-state index contributed by atoms with van der Waals surface area (Å²) in [6, 6.07) is 1.26. The van der Waals surface area contributed by atoms with Crippen LogP contribution in [0.25, 0.3) is 0 Å². The molecule has 1 aliphatic rings. The highest BCUT2D eigenvalue weighted by Gasteiger charge is 2.09. The first kappa shape index (κ1) is 11.9. The van der Waals surface area contributed by atoms with Gasteiger partial charge in [0.25, 0.3) is 0 Å². The number of ketones is 1. The molecule has 0 fully saturated rings. The molecular formula is C10H10N2O4. The molecular weight excluding hydrogens is 212 g/mol. The smallest absolute Gasteiger partial charge is 0.223 e. The molecule has 84 valence electrons. The lowest BCUT2D eigenvalue weighted by Gasteiger charge is -1.99. The van der Waals surface area contributed by atoms with E-state index < -0.39 is 6.10 Å². The predicted octanol–water partition coefficient (Wildman–Crippen LogP) is -0.405. The molecule has 0 bridgehead atoms. The predicted molar refractivity (Wildman–Crippen MR) is 57.4 cm³/mol. The first-order chi connectivity index (χ1) is 7.61. The maximum Gasteiger partial charge on any atom is 0.223 e. The molecule has 0 saturated carbocycles. The molecule has 1 aliphatic heterocycles. The highest BCUT2D eigenvalue weighted by Crippen LogP contribution is 1.91. The van der Waals surface area contributed by atoms with Crippen molar-refractivity contribution in [2.75, 3.05) is 0 Å². The minimum absolute atomic E-state index is 0.243. The number of hydrogen-bond donors (Lipinski definition) is 3. The quantitative estimate of drug-likeness (QED) is 0.555. The van der Waals surface area contributed by atoms with Gasteiger partial charge < -0.3 is 15.2 Å². The number of rotatable bonds is 0. The van der Waals surface area contributed by atoms with Gasteiger partial charge in [-0.15, -0.1) is 0 Å². The van der Waals surface area contributed by atoms with Gasteiger partial charge in [0.2, 0.25) is 5.43 Å². The number of carbonyl (C=O) groups excluding carboxylic acids is 1. The molecule has 0 spiro atoms. The van der Waals surface area contributed by atoms with Crippen LogP contribution < -0.4 is 5.43 Å². The van der Waals surface area contributed by atoms with Crippen molar-refractivity contribution in [3.8, 4) is 5.75 Å². The van der Waals surface area contributed by atoms with Gasteiger partial charge in [0.15, 0.2) is 17.6 Å². The Morgan fingerprint density at radius 1 is 1.38 bits per heavy atom. The number of aliphatic imine (C=N–C) groups is 1. The van der Waals surface area contributed by atoms with Crippen molar-refractivity contribution in [3.05, 3.63) is 41.0 Å². The number of pyridine rings is 1. The van der Waals surface area contributed by atoms with Crippen LogP contribution in [-0.4, -0.2) is 33.3 Å². The molecule has 6 nitrogen and oxygen atoms in total. The minimum Gasteiger partial charge on any atom is -0.503 e. The molecule has 2 rings (SSSR count). The summed E-state index contributed by atoms with van der Waals surface area (Å²) >= 11 is 0.